The predicted molar refractivity (Wildman–Crippen MR) is 77.1 cm³/mol. The van der Waals surface area contributed by atoms with Crippen LogP contribution in [0.4, 0.5) is 0 Å². The lowest BCUT2D eigenvalue weighted by Crippen LogP contribution is -2.27. The van der Waals surface area contributed by atoms with Crippen molar-refractivity contribution in [1.82, 2.24) is 5.32 Å². The molecule has 18 heavy (non-hydrogen) atoms. The van der Waals surface area contributed by atoms with Crippen LogP contribution in [0.3, 0.4) is 0 Å². The topological polar surface area (TPSA) is 38.3 Å². The van der Waals surface area contributed by atoms with E-state index >= 15 is 0 Å². The van der Waals surface area contributed by atoms with E-state index in [2.05, 4.69) is 27.8 Å². The van der Waals surface area contributed by atoms with Crippen molar-refractivity contribution in [2.75, 3.05) is 19.8 Å². The first-order chi connectivity index (χ1) is 8.50. The Morgan fingerprint density at radius 1 is 1.56 bits per heavy atom. The molecule has 0 atom stereocenters. The molecule has 0 aromatic heterocycles. The van der Waals surface area contributed by atoms with Crippen LogP contribution in [0, 0.1) is 0 Å². The Labute approximate surface area is 120 Å². The number of hydrogen-bond donors (Lipinski definition) is 1. The highest BCUT2D eigenvalue weighted by atomic mass is 79.9. The summed E-state index contributed by atoms with van der Waals surface area (Å²) in [6.07, 6.45) is 0. The summed E-state index contributed by atoms with van der Waals surface area (Å²) in [6, 6.07) is 5.04. The monoisotopic (exact) mass is 331 g/mol. The van der Waals surface area contributed by atoms with Crippen molar-refractivity contribution >= 4 is 33.4 Å². The van der Waals surface area contributed by atoms with Crippen LogP contribution in [0.1, 0.15) is 17.3 Å². The van der Waals surface area contributed by atoms with Crippen LogP contribution in [0.5, 0.6) is 0 Å². The summed E-state index contributed by atoms with van der Waals surface area (Å²) in [7, 11) is 0. The van der Waals surface area contributed by atoms with Gasteiger partial charge in [0.25, 0.3) is 5.91 Å². The van der Waals surface area contributed by atoms with Crippen LogP contribution >= 0.6 is 27.5 Å². The Bertz CT molecular complexity index is 449. The van der Waals surface area contributed by atoms with Gasteiger partial charge in [0.1, 0.15) is 0 Å². The van der Waals surface area contributed by atoms with Crippen LogP contribution < -0.4 is 5.32 Å². The fourth-order valence-corrected chi connectivity index (χ4v) is 2.11. The zero-order valence-corrected chi connectivity index (χ0v) is 12.5. The first-order valence-electron chi connectivity index (χ1n) is 5.46. The molecule has 5 heteroatoms. The lowest BCUT2D eigenvalue weighted by Gasteiger charge is -2.08. The van der Waals surface area contributed by atoms with Crippen molar-refractivity contribution in [3.63, 3.8) is 0 Å². The van der Waals surface area contributed by atoms with Crippen LogP contribution in [0.2, 0.25) is 5.02 Å². The summed E-state index contributed by atoms with van der Waals surface area (Å²) in [5.74, 6) is -0.155. The second kappa shape index (κ2) is 7.56. The van der Waals surface area contributed by atoms with Gasteiger partial charge in [-0.15, -0.1) is 0 Å². The van der Waals surface area contributed by atoms with E-state index in [-0.39, 0.29) is 5.91 Å². The van der Waals surface area contributed by atoms with Crippen molar-refractivity contribution in [3.8, 4) is 0 Å². The highest BCUT2D eigenvalue weighted by Crippen LogP contribution is 2.21. The van der Waals surface area contributed by atoms with Crippen LogP contribution in [-0.2, 0) is 4.74 Å². The number of carbonyl (C=O) groups is 1. The molecule has 98 valence electrons. The summed E-state index contributed by atoms with van der Waals surface area (Å²) in [5, 5.41) is 3.35. The zero-order valence-electron chi connectivity index (χ0n) is 10.1. The molecule has 0 unspecified atom stereocenters. The molecule has 0 saturated carbocycles. The number of rotatable bonds is 6. The van der Waals surface area contributed by atoms with Crippen LogP contribution in [-0.4, -0.2) is 25.7 Å². The van der Waals surface area contributed by atoms with Crippen molar-refractivity contribution in [2.24, 2.45) is 0 Å². The van der Waals surface area contributed by atoms with Gasteiger partial charge >= 0.3 is 0 Å². The van der Waals surface area contributed by atoms with E-state index in [9.17, 15) is 4.79 Å². The van der Waals surface area contributed by atoms with E-state index in [0.29, 0.717) is 34.8 Å². The average molecular weight is 333 g/mol. The van der Waals surface area contributed by atoms with Gasteiger partial charge in [-0.2, -0.15) is 0 Å². The fourth-order valence-electron chi connectivity index (χ4n) is 1.25. The lowest BCUT2D eigenvalue weighted by atomic mass is 10.2. The predicted octanol–water partition coefficient (Wildman–Crippen LogP) is 3.43. The quantitative estimate of drug-likeness (QED) is 0.640. The summed E-state index contributed by atoms with van der Waals surface area (Å²) in [5.41, 5.74) is 1.51. The zero-order chi connectivity index (χ0) is 13.5. The Morgan fingerprint density at radius 2 is 2.28 bits per heavy atom. The number of carbonyl (C=O) groups excluding carboxylic acids is 1. The van der Waals surface area contributed by atoms with Gasteiger partial charge in [-0.3, -0.25) is 4.79 Å². The number of hydrogen-bond acceptors (Lipinski definition) is 2. The smallest absolute Gasteiger partial charge is 0.252 e. The van der Waals surface area contributed by atoms with Crippen molar-refractivity contribution < 1.29 is 9.53 Å². The molecular weight excluding hydrogens is 318 g/mol. The fraction of sp³-hybridized carbons (Fsp3) is 0.308. The Morgan fingerprint density at radius 3 is 2.89 bits per heavy atom. The molecule has 3 nitrogen and oxygen atoms in total. The summed E-state index contributed by atoms with van der Waals surface area (Å²) in [6.45, 7) is 7.05. The van der Waals surface area contributed by atoms with Gasteiger partial charge in [-0.05, 0) is 41.1 Å². The molecule has 0 aliphatic heterocycles. The standard InChI is InChI=1S/C13H15BrClNO2/c1-9(2)8-18-6-5-16-13(17)11-4-3-10(15)7-12(11)14/h3-4,7H,1,5-6,8H2,2H3,(H,16,17). The maximum absolute atomic E-state index is 11.8. The molecule has 1 rings (SSSR count). The Hall–Kier alpha value is -0.840. The normalized spacial score (nSPS) is 10.2. The molecule has 0 bridgehead atoms. The molecule has 0 radical (unpaired) electrons. The highest BCUT2D eigenvalue weighted by Gasteiger charge is 2.09. The highest BCUT2D eigenvalue weighted by molar-refractivity contribution is 9.10. The maximum Gasteiger partial charge on any atom is 0.252 e. The van der Waals surface area contributed by atoms with Crippen molar-refractivity contribution in [3.05, 3.63) is 45.4 Å². The van der Waals surface area contributed by atoms with E-state index in [1.807, 2.05) is 6.92 Å². The van der Waals surface area contributed by atoms with E-state index in [1.165, 1.54) is 0 Å². The van der Waals surface area contributed by atoms with E-state index in [4.69, 9.17) is 16.3 Å². The molecule has 0 heterocycles. The number of ether oxygens (including phenoxy) is 1. The number of halogens is 2. The number of nitrogens with one attached hydrogen (secondary N) is 1. The minimum absolute atomic E-state index is 0.155. The summed E-state index contributed by atoms with van der Waals surface area (Å²) < 4.78 is 5.96. The second-order valence-electron chi connectivity index (χ2n) is 3.89. The molecule has 1 amide bonds. The molecule has 0 fully saturated rings. The third-order valence-corrected chi connectivity index (χ3v) is 2.95. The molecule has 0 saturated heterocycles. The van der Waals surface area contributed by atoms with Gasteiger partial charge in [0.05, 0.1) is 18.8 Å². The lowest BCUT2D eigenvalue weighted by molar-refractivity contribution is 0.0926. The van der Waals surface area contributed by atoms with Gasteiger partial charge in [0.2, 0.25) is 0 Å². The molecule has 0 aliphatic carbocycles. The molecule has 0 spiro atoms. The molecule has 1 aromatic carbocycles. The van der Waals surface area contributed by atoms with E-state index < -0.39 is 0 Å². The molecule has 1 N–H and O–H groups in total. The summed E-state index contributed by atoms with van der Waals surface area (Å²) in [4.78, 5) is 11.8. The summed E-state index contributed by atoms with van der Waals surface area (Å²) >= 11 is 9.11. The number of benzene rings is 1. The Kier molecular flexibility index (Phi) is 6.39. The second-order valence-corrected chi connectivity index (χ2v) is 5.18. The van der Waals surface area contributed by atoms with E-state index in [0.717, 1.165) is 5.57 Å². The first-order valence-corrected chi connectivity index (χ1v) is 6.63. The minimum Gasteiger partial charge on any atom is -0.375 e. The minimum atomic E-state index is -0.155. The Balaban J connectivity index is 2.39. The molecule has 0 aliphatic rings. The van der Waals surface area contributed by atoms with Gasteiger partial charge in [-0.25, -0.2) is 0 Å². The van der Waals surface area contributed by atoms with Gasteiger partial charge in [-0.1, -0.05) is 23.8 Å². The van der Waals surface area contributed by atoms with Crippen molar-refractivity contribution in [2.45, 2.75) is 6.92 Å². The SMILES string of the molecule is C=C(C)COCCNC(=O)c1ccc(Cl)cc1Br. The largest absolute Gasteiger partial charge is 0.375 e. The molecule has 1 aromatic rings. The third-order valence-electron chi connectivity index (χ3n) is 2.06. The first kappa shape index (κ1) is 15.2. The van der Waals surface area contributed by atoms with Gasteiger partial charge < -0.3 is 10.1 Å². The average Bonchev–Trinajstić information content (AvgIpc) is 2.27. The third kappa shape index (κ3) is 5.21. The van der Waals surface area contributed by atoms with Crippen LogP contribution in [0.25, 0.3) is 0 Å². The van der Waals surface area contributed by atoms with Crippen molar-refractivity contribution in [1.29, 1.82) is 0 Å². The van der Waals surface area contributed by atoms with Gasteiger partial charge in [0, 0.05) is 16.0 Å². The number of amides is 1. The van der Waals surface area contributed by atoms with Crippen LogP contribution in [0.15, 0.2) is 34.8 Å². The van der Waals surface area contributed by atoms with E-state index in [1.54, 1.807) is 18.2 Å². The molecular formula is C13H15BrClNO2. The van der Waals surface area contributed by atoms with Gasteiger partial charge in [0.15, 0.2) is 0 Å². The maximum atomic E-state index is 11.8.